The van der Waals surface area contributed by atoms with E-state index in [1.165, 1.54) is 0 Å². The van der Waals surface area contributed by atoms with Crippen LogP contribution in [-0.4, -0.2) is 60.5 Å². The first-order chi connectivity index (χ1) is 12.2. The number of amides is 3. The second-order valence-corrected chi connectivity index (χ2v) is 6.47. The fraction of sp³-hybridized carbons (Fsp3) is 0.750. The molecule has 0 saturated carbocycles. The molecule has 0 aliphatic rings. The summed E-state index contributed by atoms with van der Waals surface area (Å²) in [6.45, 7) is 3.43. The Morgan fingerprint density at radius 3 is 2.19 bits per heavy atom. The summed E-state index contributed by atoms with van der Waals surface area (Å²) in [5.74, 6) is -2.54. The zero-order chi connectivity index (χ0) is 20.1. The van der Waals surface area contributed by atoms with Crippen molar-refractivity contribution in [3.63, 3.8) is 0 Å². The number of rotatable bonds is 13. The van der Waals surface area contributed by atoms with E-state index in [1.807, 2.05) is 13.8 Å². The summed E-state index contributed by atoms with van der Waals surface area (Å²) >= 11 is 0. The lowest BCUT2D eigenvalue weighted by Crippen LogP contribution is -2.53. The maximum absolute atomic E-state index is 12.3. The van der Waals surface area contributed by atoms with Gasteiger partial charge < -0.3 is 32.5 Å². The third-order valence-corrected chi connectivity index (χ3v) is 3.50. The van der Waals surface area contributed by atoms with E-state index < -0.39 is 42.3 Å². The molecular formula is C16H31N5O5. The number of unbranched alkanes of at least 4 members (excludes halogenated alkanes) is 1. The monoisotopic (exact) mass is 373 g/mol. The molecule has 26 heavy (non-hydrogen) atoms. The Morgan fingerprint density at radius 2 is 1.65 bits per heavy atom. The van der Waals surface area contributed by atoms with Crippen molar-refractivity contribution >= 4 is 23.7 Å². The van der Waals surface area contributed by atoms with Gasteiger partial charge >= 0.3 is 5.97 Å². The van der Waals surface area contributed by atoms with E-state index in [0.29, 0.717) is 32.2 Å². The lowest BCUT2D eigenvalue weighted by Gasteiger charge is -2.21. The number of hydrogen-bond donors (Lipinski definition) is 6. The minimum absolute atomic E-state index is 0.234. The van der Waals surface area contributed by atoms with Crippen molar-refractivity contribution < 1.29 is 24.3 Å². The lowest BCUT2D eigenvalue weighted by atomic mass is 10.0. The summed E-state index contributed by atoms with van der Waals surface area (Å²) in [5.41, 5.74) is 11.3. The molecule has 8 N–H and O–H groups in total. The summed E-state index contributed by atoms with van der Waals surface area (Å²) in [6, 6.07) is -1.56. The normalized spacial score (nSPS) is 13.0. The van der Waals surface area contributed by atoms with E-state index in [-0.39, 0.29) is 12.5 Å². The van der Waals surface area contributed by atoms with Crippen LogP contribution in [0.15, 0.2) is 0 Å². The van der Waals surface area contributed by atoms with Gasteiger partial charge in [0, 0.05) is 0 Å². The van der Waals surface area contributed by atoms with Crippen molar-refractivity contribution in [2.75, 3.05) is 19.6 Å². The predicted octanol–water partition coefficient (Wildman–Crippen LogP) is -1.71. The molecule has 0 unspecified atom stereocenters. The molecule has 3 amide bonds. The molecule has 10 heteroatoms. The van der Waals surface area contributed by atoms with Gasteiger partial charge in [0.05, 0.1) is 12.6 Å². The van der Waals surface area contributed by atoms with Crippen molar-refractivity contribution in [2.45, 2.75) is 51.6 Å². The Kier molecular flexibility index (Phi) is 12.0. The van der Waals surface area contributed by atoms with Gasteiger partial charge in [-0.05, 0) is 38.1 Å². The molecule has 0 radical (unpaired) electrons. The largest absolute Gasteiger partial charge is 0.480 e. The van der Waals surface area contributed by atoms with Gasteiger partial charge in [-0.2, -0.15) is 0 Å². The predicted molar refractivity (Wildman–Crippen MR) is 95.9 cm³/mol. The first-order valence-electron chi connectivity index (χ1n) is 8.69. The number of nitrogens with two attached hydrogens (primary N) is 2. The molecule has 0 aromatic rings. The van der Waals surface area contributed by atoms with Crippen LogP contribution >= 0.6 is 0 Å². The van der Waals surface area contributed by atoms with Crippen LogP contribution in [0.2, 0.25) is 0 Å². The van der Waals surface area contributed by atoms with Crippen LogP contribution in [0.4, 0.5) is 0 Å². The van der Waals surface area contributed by atoms with Gasteiger partial charge in [-0.1, -0.05) is 13.8 Å². The standard InChI is InChI=1S/C16H31N5O5/c1-10(2)7-11(18)15(25)21-12(5-3-4-6-17)16(26)20-8-13(22)19-9-14(23)24/h10-12H,3-9,17-18H2,1-2H3,(H,19,22)(H,20,26)(H,21,25)(H,23,24)/t11-,12-/m0/s1. The Bertz CT molecular complexity index is 484. The highest BCUT2D eigenvalue weighted by atomic mass is 16.4. The molecule has 0 heterocycles. The van der Waals surface area contributed by atoms with Gasteiger partial charge in [-0.25, -0.2) is 0 Å². The fourth-order valence-corrected chi connectivity index (χ4v) is 2.18. The molecule has 2 atom stereocenters. The van der Waals surface area contributed by atoms with Crippen molar-refractivity contribution in [1.29, 1.82) is 0 Å². The average Bonchev–Trinajstić information content (AvgIpc) is 2.56. The quantitative estimate of drug-likeness (QED) is 0.208. The van der Waals surface area contributed by atoms with Crippen LogP contribution in [0, 0.1) is 5.92 Å². The number of carbonyl (C=O) groups is 4. The summed E-state index contributed by atoms with van der Waals surface area (Å²) in [4.78, 5) is 46.3. The minimum Gasteiger partial charge on any atom is -0.480 e. The van der Waals surface area contributed by atoms with Crippen LogP contribution in [0.3, 0.4) is 0 Å². The number of nitrogens with one attached hydrogen (secondary N) is 3. The average molecular weight is 373 g/mol. The van der Waals surface area contributed by atoms with E-state index in [1.54, 1.807) is 0 Å². The maximum atomic E-state index is 12.3. The molecule has 150 valence electrons. The number of hydrogen-bond acceptors (Lipinski definition) is 6. The number of carboxylic acid groups (broad SMARTS) is 1. The van der Waals surface area contributed by atoms with Crippen molar-refractivity contribution in [2.24, 2.45) is 17.4 Å². The van der Waals surface area contributed by atoms with Gasteiger partial charge in [0.2, 0.25) is 17.7 Å². The van der Waals surface area contributed by atoms with E-state index >= 15 is 0 Å². The fourth-order valence-electron chi connectivity index (χ4n) is 2.18. The van der Waals surface area contributed by atoms with Crippen molar-refractivity contribution in [3.8, 4) is 0 Å². The first-order valence-corrected chi connectivity index (χ1v) is 8.69. The molecule has 0 aliphatic carbocycles. The highest BCUT2D eigenvalue weighted by molar-refractivity contribution is 5.92. The Morgan fingerprint density at radius 1 is 1.00 bits per heavy atom. The minimum atomic E-state index is -1.18. The van der Waals surface area contributed by atoms with Gasteiger partial charge in [0.25, 0.3) is 0 Å². The molecule has 0 rings (SSSR count). The van der Waals surface area contributed by atoms with Gasteiger partial charge in [0.1, 0.15) is 12.6 Å². The van der Waals surface area contributed by atoms with Crippen LogP contribution in [-0.2, 0) is 19.2 Å². The van der Waals surface area contributed by atoms with Gasteiger partial charge in [0.15, 0.2) is 0 Å². The topological polar surface area (TPSA) is 177 Å². The van der Waals surface area contributed by atoms with Gasteiger partial charge in [-0.3, -0.25) is 19.2 Å². The Balaban J connectivity index is 4.63. The first kappa shape index (κ1) is 23.8. The van der Waals surface area contributed by atoms with Crippen LogP contribution in [0.1, 0.15) is 39.5 Å². The van der Waals surface area contributed by atoms with E-state index in [9.17, 15) is 19.2 Å². The number of carboxylic acids is 1. The summed E-state index contributed by atoms with van der Waals surface area (Å²) in [7, 11) is 0. The highest BCUT2D eigenvalue weighted by Crippen LogP contribution is 2.05. The maximum Gasteiger partial charge on any atom is 0.322 e. The Labute approximate surface area is 153 Å². The third kappa shape index (κ3) is 11.4. The molecule has 0 aromatic carbocycles. The van der Waals surface area contributed by atoms with Gasteiger partial charge in [-0.15, -0.1) is 0 Å². The number of aliphatic carboxylic acids is 1. The Hall–Kier alpha value is -2.20. The van der Waals surface area contributed by atoms with Crippen LogP contribution < -0.4 is 27.4 Å². The van der Waals surface area contributed by atoms with Crippen molar-refractivity contribution in [1.82, 2.24) is 16.0 Å². The second kappa shape index (κ2) is 13.1. The SMILES string of the molecule is CC(C)C[C@H](N)C(=O)N[C@@H](CCCCN)C(=O)NCC(=O)NCC(=O)O. The summed E-state index contributed by atoms with van der Waals surface area (Å²) in [5, 5.41) is 15.6. The molecule has 0 saturated heterocycles. The van der Waals surface area contributed by atoms with Crippen molar-refractivity contribution in [3.05, 3.63) is 0 Å². The molecular weight excluding hydrogens is 342 g/mol. The number of carbonyl (C=O) groups excluding carboxylic acids is 3. The van der Waals surface area contributed by atoms with E-state index in [4.69, 9.17) is 16.6 Å². The van der Waals surface area contributed by atoms with Crippen LogP contribution in [0.25, 0.3) is 0 Å². The highest BCUT2D eigenvalue weighted by Gasteiger charge is 2.24. The second-order valence-electron chi connectivity index (χ2n) is 6.47. The third-order valence-electron chi connectivity index (χ3n) is 3.50. The molecule has 0 bridgehead atoms. The zero-order valence-corrected chi connectivity index (χ0v) is 15.4. The molecule has 0 fully saturated rings. The molecule has 0 aromatic heterocycles. The van der Waals surface area contributed by atoms with E-state index in [2.05, 4.69) is 16.0 Å². The molecule has 10 nitrogen and oxygen atoms in total. The molecule has 0 aliphatic heterocycles. The zero-order valence-electron chi connectivity index (χ0n) is 15.4. The van der Waals surface area contributed by atoms with E-state index in [0.717, 1.165) is 0 Å². The summed E-state index contributed by atoms with van der Waals surface area (Å²) in [6.07, 6.45) is 2.16. The smallest absolute Gasteiger partial charge is 0.322 e. The van der Waals surface area contributed by atoms with Crippen LogP contribution in [0.5, 0.6) is 0 Å². The lowest BCUT2D eigenvalue weighted by molar-refractivity contribution is -0.138. The summed E-state index contributed by atoms with van der Waals surface area (Å²) < 4.78 is 0. The molecule has 0 spiro atoms.